The van der Waals surface area contributed by atoms with Crippen LogP contribution in [-0.2, 0) is 21.3 Å². The number of amides is 2. The van der Waals surface area contributed by atoms with Crippen LogP contribution in [0.4, 0.5) is 0 Å². The van der Waals surface area contributed by atoms with Crippen molar-refractivity contribution in [1.82, 2.24) is 14.8 Å². The number of benzene rings is 2. The molecular formula is C26H31N3O4. The van der Waals surface area contributed by atoms with E-state index in [0.29, 0.717) is 31.9 Å². The highest BCUT2D eigenvalue weighted by atomic mass is 16.5. The average Bonchev–Trinajstić information content (AvgIpc) is 3.17. The Kier molecular flexibility index (Phi) is 7.11. The number of rotatable bonds is 9. The Morgan fingerprint density at radius 2 is 1.73 bits per heavy atom. The Balaban J connectivity index is 1.85. The maximum Gasteiger partial charge on any atom is 0.254 e. The first kappa shape index (κ1) is 23.0. The van der Waals surface area contributed by atoms with Gasteiger partial charge in [0.05, 0.1) is 18.6 Å². The zero-order valence-corrected chi connectivity index (χ0v) is 19.4. The van der Waals surface area contributed by atoms with Crippen LogP contribution in [0.3, 0.4) is 0 Å². The van der Waals surface area contributed by atoms with Crippen LogP contribution in [0.2, 0.25) is 0 Å². The molecule has 2 unspecified atom stereocenters. The third-order valence-corrected chi connectivity index (χ3v) is 6.33. The third kappa shape index (κ3) is 4.38. The largest absolute Gasteiger partial charge is 0.385 e. The van der Waals surface area contributed by atoms with Crippen LogP contribution in [0.15, 0.2) is 54.7 Å². The van der Waals surface area contributed by atoms with Crippen LogP contribution in [-0.4, -0.2) is 61.8 Å². The van der Waals surface area contributed by atoms with Crippen LogP contribution in [0.25, 0.3) is 10.9 Å². The molecule has 3 aromatic rings. The molecule has 1 aliphatic rings. The van der Waals surface area contributed by atoms with E-state index in [1.54, 1.807) is 19.1 Å². The van der Waals surface area contributed by atoms with Crippen molar-refractivity contribution in [3.05, 3.63) is 71.4 Å². The molecule has 0 saturated carbocycles. The molecule has 0 saturated heterocycles. The van der Waals surface area contributed by atoms with E-state index in [1.807, 2.05) is 49.6 Å². The van der Waals surface area contributed by atoms with E-state index in [4.69, 9.17) is 9.47 Å². The number of carbonyl (C=O) groups excluding carboxylic acids is 2. The van der Waals surface area contributed by atoms with Gasteiger partial charge in [-0.15, -0.1) is 0 Å². The molecule has 2 aromatic carbocycles. The summed E-state index contributed by atoms with van der Waals surface area (Å²) in [7, 11) is 5.26. The Morgan fingerprint density at radius 1 is 1.00 bits per heavy atom. The maximum atomic E-state index is 13.6. The molecule has 7 heteroatoms. The van der Waals surface area contributed by atoms with Gasteiger partial charge in [0.2, 0.25) is 5.91 Å². The van der Waals surface area contributed by atoms with E-state index in [9.17, 15) is 9.59 Å². The fraction of sp³-hybridized carbons (Fsp3) is 0.385. The quantitative estimate of drug-likeness (QED) is 0.509. The Labute approximate surface area is 194 Å². The molecule has 2 heterocycles. The number of ether oxygens (including phenoxy) is 2. The number of carbonyl (C=O) groups is 2. The molecule has 174 valence electrons. The highest BCUT2D eigenvalue weighted by Crippen LogP contribution is 2.45. The molecule has 0 aliphatic carbocycles. The van der Waals surface area contributed by atoms with Crippen molar-refractivity contribution in [2.45, 2.75) is 18.4 Å². The lowest BCUT2D eigenvalue weighted by atomic mass is 9.79. The van der Waals surface area contributed by atoms with E-state index in [1.165, 1.54) is 0 Å². The minimum Gasteiger partial charge on any atom is -0.385 e. The number of aromatic nitrogens is 1. The first-order chi connectivity index (χ1) is 16.1. The summed E-state index contributed by atoms with van der Waals surface area (Å²) >= 11 is 0. The normalized spacial score (nSPS) is 17.9. The molecule has 33 heavy (non-hydrogen) atoms. The summed E-state index contributed by atoms with van der Waals surface area (Å²) in [6.45, 7) is 1.87. The van der Waals surface area contributed by atoms with Crippen molar-refractivity contribution in [3.63, 3.8) is 0 Å². The van der Waals surface area contributed by atoms with Gasteiger partial charge in [0.1, 0.15) is 0 Å². The summed E-state index contributed by atoms with van der Waals surface area (Å²) in [5.74, 6) is -0.709. The Bertz CT molecular complexity index is 1140. The Morgan fingerprint density at radius 3 is 2.52 bits per heavy atom. The van der Waals surface area contributed by atoms with E-state index in [2.05, 4.69) is 22.0 Å². The van der Waals surface area contributed by atoms with Gasteiger partial charge >= 0.3 is 0 Å². The number of nitrogens with zero attached hydrogens (tertiary/aromatic N) is 2. The second kappa shape index (κ2) is 10.2. The van der Waals surface area contributed by atoms with Crippen LogP contribution >= 0.6 is 0 Å². The minimum atomic E-state index is -0.538. The number of methoxy groups -OCH3 is 2. The zero-order chi connectivity index (χ0) is 23.4. The van der Waals surface area contributed by atoms with Gasteiger partial charge < -0.3 is 24.3 Å². The number of nitrogens with one attached hydrogen (secondary N) is 1. The molecule has 0 radical (unpaired) electrons. The van der Waals surface area contributed by atoms with E-state index >= 15 is 0 Å². The molecule has 1 aromatic heterocycles. The van der Waals surface area contributed by atoms with Crippen LogP contribution in [0, 0.1) is 0 Å². The number of aryl methyl sites for hydroxylation is 1. The molecule has 7 nitrogen and oxygen atoms in total. The van der Waals surface area contributed by atoms with Crippen LogP contribution in [0.1, 0.15) is 39.9 Å². The van der Waals surface area contributed by atoms with E-state index in [0.717, 1.165) is 28.5 Å². The molecule has 2 atom stereocenters. The van der Waals surface area contributed by atoms with Crippen molar-refractivity contribution in [3.8, 4) is 0 Å². The number of para-hydroxylation sites is 1. The number of hydrogen-bond donors (Lipinski definition) is 1. The monoisotopic (exact) mass is 449 g/mol. The van der Waals surface area contributed by atoms with Gasteiger partial charge in [-0.1, -0.05) is 36.4 Å². The summed E-state index contributed by atoms with van der Waals surface area (Å²) in [4.78, 5) is 29.1. The number of fused-ring (bicyclic) bond motifs is 2. The van der Waals surface area contributed by atoms with Gasteiger partial charge in [-0.25, -0.2) is 0 Å². The standard InChI is InChI=1S/C26H31N3O4/c1-28-17-21(18-9-6-7-12-22(18)28)24-23(25(30)27-13-8-15-32-2)19-10-4-5-11-20(19)26(31)29(24)14-16-33-3/h4-7,9-12,17,23-24H,8,13-16H2,1-3H3,(H,27,30). The van der Waals surface area contributed by atoms with E-state index < -0.39 is 12.0 Å². The van der Waals surface area contributed by atoms with Crippen molar-refractivity contribution in [2.75, 3.05) is 40.5 Å². The zero-order valence-electron chi connectivity index (χ0n) is 19.4. The molecular weight excluding hydrogens is 418 g/mol. The third-order valence-electron chi connectivity index (χ3n) is 6.33. The van der Waals surface area contributed by atoms with Crippen LogP contribution < -0.4 is 5.32 Å². The minimum absolute atomic E-state index is 0.0796. The van der Waals surface area contributed by atoms with Crippen molar-refractivity contribution in [1.29, 1.82) is 0 Å². The molecule has 0 spiro atoms. The second-order valence-corrected chi connectivity index (χ2v) is 8.35. The summed E-state index contributed by atoms with van der Waals surface area (Å²) in [6, 6.07) is 15.1. The molecule has 0 bridgehead atoms. The smallest absolute Gasteiger partial charge is 0.254 e. The van der Waals surface area contributed by atoms with Gasteiger partial charge in [-0.2, -0.15) is 0 Å². The fourth-order valence-electron chi connectivity index (χ4n) is 4.80. The SMILES string of the molecule is COCCCNC(=O)C1c2ccccc2C(=O)N(CCOC)C1c1cn(C)c2ccccc12. The highest BCUT2D eigenvalue weighted by Gasteiger charge is 2.44. The molecule has 2 amide bonds. The van der Waals surface area contributed by atoms with Gasteiger partial charge in [0.25, 0.3) is 5.91 Å². The molecule has 1 aliphatic heterocycles. The first-order valence-electron chi connectivity index (χ1n) is 11.3. The summed E-state index contributed by atoms with van der Waals surface area (Å²) in [5.41, 5.74) is 3.36. The fourth-order valence-corrected chi connectivity index (χ4v) is 4.80. The highest BCUT2D eigenvalue weighted by molar-refractivity contribution is 6.02. The lowest BCUT2D eigenvalue weighted by Gasteiger charge is -2.41. The van der Waals surface area contributed by atoms with Crippen molar-refractivity contribution < 1.29 is 19.1 Å². The first-order valence-corrected chi connectivity index (χ1v) is 11.3. The van der Waals surface area contributed by atoms with E-state index in [-0.39, 0.29) is 11.8 Å². The average molecular weight is 450 g/mol. The molecule has 4 rings (SSSR count). The Hall–Kier alpha value is -3.16. The lowest BCUT2D eigenvalue weighted by Crippen LogP contribution is -2.48. The van der Waals surface area contributed by atoms with Gasteiger partial charge in [0, 0.05) is 69.2 Å². The number of hydrogen-bond acceptors (Lipinski definition) is 4. The summed E-state index contributed by atoms with van der Waals surface area (Å²) < 4.78 is 12.5. The predicted molar refractivity (Wildman–Crippen MR) is 127 cm³/mol. The topological polar surface area (TPSA) is 72.8 Å². The summed E-state index contributed by atoms with van der Waals surface area (Å²) in [6.07, 6.45) is 2.77. The van der Waals surface area contributed by atoms with Gasteiger partial charge in [-0.3, -0.25) is 9.59 Å². The van der Waals surface area contributed by atoms with Gasteiger partial charge in [-0.05, 0) is 24.1 Å². The van der Waals surface area contributed by atoms with Crippen molar-refractivity contribution >= 4 is 22.7 Å². The lowest BCUT2D eigenvalue weighted by molar-refractivity contribution is -0.124. The molecule has 1 N–H and O–H groups in total. The van der Waals surface area contributed by atoms with Gasteiger partial charge in [0.15, 0.2) is 0 Å². The summed E-state index contributed by atoms with van der Waals surface area (Å²) in [5, 5.41) is 4.12. The van der Waals surface area contributed by atoms with Crippen LogP contribution in [0.5, 0.6) is 0 Å². The molecule has 0 fully saturated rings. The second-order valence-electron chi connectivity index (χ2n) is 8.35. The van der Waals surface area contributed by atoms with Crippen molar-refractivity contribution in [2.24, 2.45) is 7.05 Å². The predicted octanol–water partition coefficient (Wildman–Crippen LogP) is 3.26. The maximum absolute atomic E-state index is 13.6.